The van der Waals surface area contributed by atoms with Gasteiger partial charge in [0.15, 0.2) is 0 Å². The first-order valence-electron chi connectivity index (χ1n) is 11.0. The highest BCUT2D eigenvalue weighted by atomic mass is 35.5. The molecule has 2 atom stereocenters. The lowest BCUT2D eigenvalue weighted by Crippen LogP contribution is -2.27. The van der Waals surface area contributed by atoms with Gasteiger partial charge in [0.1, 0.15) is 5.82 Å². The molecule has 0 saturated carbocycles. The number of aliphatic hydroxyl groups excluding tert-OH is 1. The summed E-state index contributed by atoms with van der Waals surface area (Å²) in [5.41, 5.74) is 5.80. The van der Waals surface area contributed by atoms with Crippen molar-refractivity contribution in [2.75, 3.05) is 18.5 Å². The number of benzene rings is 2. The molecule has 7 heteroatoms. The zero-order valence-corrected chi connectivity index (χ0v) is 19.7. The van der Waals surface area contributed by atoms with Crippen LogP contribution in [0.2, 0.25) is 10.0 Å². The van der Waals surface area contributed by atoms with Crippen molar-refractivity contribution in [3.8, 4) is 11.3 Å². The molecule has 1 aromatic heterocycles. The van der Waals surface area contributed by atoms with E-state index in [1.165, 1.54) is 11.1 Å². The van der Waals surface area contributed by atoms with Gasteiger partial charge in [0, 0.05) is 17.0 Å². The number of hydrogen-bond donors (Lipinski definition) is 2. The second kappa shape index (κ2) is 10.2. The summed E-state index contributed by atoms with van der Waals surface area (Å²) in [7, 11) is 0. The third-order valence-electron chi connectivity index (χ3n) is 5.79. The van der Waals surface area contributed by atoms with Crippen molar-refractivity contribution >= 4 is 29.0 Å². The molecule has 0 saturated heterocycles. The Balaban J connectivity index is 1.73. The van der Waals surface area contributed by atoms with E-state index in [0.29, 0.717) is 29.5 Å². The van der Waals surface area contributed by atoms with E-state index < -0.39 is 0 Å². The monoisotopic (exact) mass is 471 g/mol. The van der Waals surface area contributed by atoms with Crippen LogP contribution in [0, 0.1) is 0 Å². The Morgan fingerprint density at radius 2 is 1.84 bits per heavy atom. The second-order valence-corrected chi connectivity index (χ2v) is 8.65. The van der Waals surface area contributed by atoms with Gasteiger partial charge in [-0.1, -0.05) is 61.3 Å². The number of nitrogens with one attached hydrogen (secondary N) is 1. The average molecular weight is 472 g/mol. The fourth-order valence-corrected chi connectivity index (χ4v) is 4.74. The molecule has 0 amide bonds. The minimum Gasteiger partial charge on any atom is -0.394 e. The molecule has 0 radical (unpaired) electrons. The number of aliphatic hydroxyl groups is 1. The van der Waals surface area contributed by atoms with Crippen LogP contribution >= 0.6 is 23.2 Å². The second-order valence-electron chi connectivity index (χ2n) is 7.80. The molecular weight excluding hydrogens is 445 g/mol. The summed E-state index contributed by atoms with van der Waals surface area (Å²) in [4.78, 5) is 9.96. The zero-order chi connectivity index (χ0) is 22.7. The van der Waals surface area contributed by atoms with Crippen LogP contribution < -0.4 is 5.32 Å². The van der Waals surface area contributed by atoms with E-state index in [1.807, 2.05) is 24.3 Å². The highest BCUT2D eigenvalue weighted by molar-refractivity contribution is 6.36. The maximum atomic E-state index is 9.26. The fourth-order valence-electron chi connectivity index (χ4n) is 4.25. The van der Waals surface area contributed by atoms with Crippen molar-refractivity contribution in [3.63, 3.8) is 0 Å². The van der Waals surface area contributed by atoms with E-state index in [9.17, 15) is 5.11 Å². The van der Waals surface area contributed by atoms with Crippen molar-refractivity contribution in [2.24, 2.45) is 0 Å². The normalized spacial score (nSPS) is 17.4. The van der Waals surface area contributed by atoms with Crippen LogP contribution in [0.3, 0.4) is 0 Å². The van der Waals surface area contributed by atoms with Crippen LogP contribution in [0.15, 0.2) is 42.5 Å². The number of rotatable bonds is 8. The number of aryl methyl sites for hydroxylation is 2. The molecule has 1 aliphatic carbocycles. The summed E-state index contributed by atoms with van der Waals surface area (Å²) in [6, 6.07) is 13.7. The third-order valence-corrected chi connectivity index (χ3v) is 6.34. The van der Waals surface area contributed by atoms with Crippen molar-refractivity contribution in [1.82, 2.24) is 9.97 Å². The Hall–Kier alpha value is -2.18. The Labute approximate surface area is 198 Å². The van der Waals surface area contributed by atoms with Crippen LogP contribution in [-0.4, -0.2) is 34.4 Å². The van der Waals surface area contributed by atoms with Crippen molar-refractivity contribution in [3.05, 3.63) is 75.0 Å². The van der Waals surface area contributed by atoms with Crippen LogP contribution in [0.5, 0.6) is 0 Å². The van der Waals surface area contributed by atoms with Crippen LogP contribution in [0.4, 0.5) is 5.82 Å². The largest absolute Gasteiger partial charge is 0.394 e. The number of fused-ring (bicyclic) bond motifs is 1. The number of hydrogen-bond acceptors (Lipinski definition) is 5. The van der Waals surface area contributed by atoms with E-state index >= 15 is 0 Å². The zero-order valence-electron chi connectivity index (χ0n) is 18.2. The Bertz CT molecular complexity index is 1110. The molecule has 0 fully saturated rings. The van der Waals surface area contributed by atoms with E-state index in [1.54, 1.807) is 6.07 Å². The van der Waals surface area contributed by atoms with Gasteiger partial charge in [-0.2, -0.15) is 0 Å². The first-order chi connectivity index (χ1) is 15.5. The lowest BCUT2D eigenvalue weighted by molar-refractivity contribution is 0.0245. The molecular formula is C25H27Cl2N3O2. The lowest BCUT2D eigenvalue weighted by atomic mass is 10.1. The molecule has 0 spiro atoms. The molecule has 32 heavy (non-hydrogen) atoms. The predicted octanol–water partition coefficient (Wildman–Crippen LogP) is 5.66. The summed E-state index contributed by atoms with van der Waals surface area (Å²) in [6.45, 7) is 4.43. The molecule has 168 valence electrons. The topological polar surface area (TPSA) is 67.3 Å². The molecule has 0 bridgehead atoms. The minimum absolute atomic E-state index is 0.00386. The third kappa shape index (κ3) is 4.62. The molecule has 5 nitrogen and oxygen atoms in total. The van der Waals surface area contributed by atoms with E-state index in [0.717, 1.165) is 34.9 Å². The molecule has 1 heterocycles. The molecule has 0 unspecified atom stereocenters. The number of nitrogens with zero attached hydrogens (tertiary/aromatic N) is 2. The summed E-state index contributed by atoms with van der Waals surface area (Å²) < 4.78 is 5.98. The summed E-state index contributed by atoms with van der Waals surface area (Å²) in [5.74, 6) is 0.762. The van der Waals surface area contributed by atoms with E-state index in [-0.39, 0.29) is 18.8 Å². The number of aromatic nitrogens is 2. The molecule has 3 aromatic rings. The van der Waals surface area contributed by atoms with Gasteiger partial charge < -0.3 is 15.2 Å². The molecule has 0 aliphatic heterocycles. The number of halogens is 2. The van der Waals surface area contributed by atoms with Crippen LogP contribution in [-0.2, 0) is 24.0 Å². The van der Waals surface area contributed by atoms with Gasteiger partial charge in [0.25, 0.3) is 0 Å². The predicted molar refractivity (Wildman–Crippen MR) is 130 cm³/mol. The fraction of sp³-hybridized carbons (Fsp3) is 0.360. The first-order valence-corrected chi connectivity index (χ1v) is 11.7. The molecule has 2 aromatic carbocycles. The maximum absolute atomic E-state index is 9.26. The van der Waals surface area contributed by atoms with Gasteiger partial charge in [-0.05, 0) is 42.2 Å². The van der Waals surface area contributed by atoms with Gasteiger partial charge in [-0.15, -0.1) is 0 Å². The lowest BCUT2D eigenvalue weighted by Gasteiger charge is -2.24. The van der Waals surface area contributed by atoms with E-state index in [4.69, 9.17) is 37.9 Å². The summed E-state index contributed by atoms with van der Waals surface area (Å²) in [6.07, 6.45) is 2.14. The Morgan fingerprint density at radius 3 is 2.56 bits per heavy atom. The quantitative estimate of drug-likeness (QED) is 0.443. The minimum atomic E-state index is -0.0819. The maximum Gasteiger partial charge on any atom is 0.148 e. The molecule has 4 rings (SSSR count). The Morgan fingerprint density at radius 1 is 1.06 bits per heavy atom. The van der Waals surface area contributed by atoms with Gasteiger partial charge in [-0.25, -0.2) is 9.97 Å². The van der Waals surface area contributed by atoms with Gasteiger partial charge in [0.05, 0.1) is 47.5 Å². The van der Waals surface area contributed by atoms with E-state index in [2.05, 4.69) is 31.3 Å². The highest BCUT2D eigenvalue weighted by Crippen LogP contribution is 2.37. The first kappa shape index (κ1) is 23.0. The van der Waals surface area contributed by atoms with Gasteiger partial charge >= 0.3 is 0 Å². The van der Waals surface area contributed by atoms with Gasteiger partial charge in [0.2, 0.25) is 0 Å². The molecule has 2 N–H and O–H groups in total. The number of ether oxygens (including phenoxy) is 1. The number of anilines is 1. The smallest absolute Gasteiger partial charge is 0.148 e. The SMILES string of the molecule is CCc1nc(-c2ccc(Cl)cc2Cl)c(CC)nc1N[C@H]1c2ccccc2C[C@@H]1OCCO. The average Bonchev–Trinajstić information content (AvgIpc) is 3.15. The van der Waals surface area contributed by atoms with Crippen LogP contribution in [0.1, 0.15) is 42.4 Å². The van der Waals surface area contributed by atoms with Crippen molar-refractivity contribution in [2.45, 2.75) is 45.3 Å². The van der Waals surface area contributed by atoms with Gasteiger partial charge in [-0.3, -0.25) is 0 Å². The summed E-state index contributed by atoms with van der Waals surface area (Å²) >= 11 is 12.6. The van der Waals surface area contributed by atoms with Crippen LogP contribution in [0.25, 0.3) is 11.3 Å². The molecule has 1 aliphatic rings. The summed E-state index contributed by atoms with van der Waals surface area (Å²) in [5, 5.41) is 14.0. The van der Waals surface area contributed by atoms with Crippen molar-refractivity contribution in [1.29, 1.82) is 0 Å². The highest BCUT2D eigenvalue weighted by Gasteiger charge is 2.34. The Kier molecular flexibility index (Phi) is 7.31. The van der Waals surface area contributed by atoms with Crippen molar-refractivity contribution < 1.29 is 9.84 Å². The standard InChI is InChI=1S/C25H27Cl2N3O2/c1-3-20-23(18-10-9-16(26)14-19(18)27)28-21(4-2)25(29-20)30-24-17-8-6-5-7-15(17)13-22(24)32-12-11-31/h5-10,14,22,24,31H,3-4,11-13H2,1-2H3,(H,29,30)/t22-,24-/m0/s1.